The van der Waals surface area contributed by atoms with Crippen LogP contribution in [0.2, 0.25) is 0 Å². The van der Waals surface area contributed by atoms with Crippen molar-refractivity contribution in [3.8, 4) is 11.5 Å². The first-order valence-corrected chi connectivity index (χ1v) is 11.9. The Morgan fingerprint density at radius 3 is 2.67 bits per heavy atom. The Morgan fingerprint density at radius 2 is 1.97 bits per heavy atom. The number of aromatic nitrogens is 5. The van der Waals surface area contributed by atoms with Gasteiger partial charge < -0.3 is 9.88 Å². The molecule has 3 aromatic heterocycles. The molecule has 0 unspecified atom stereocenters. The average Bonchev–Trinajstić information content (AvgIpc) is 3.25. The molecule has 5 rings (SSSR count). The first-order valence-electron chi connectivity index (χ1n) is 11.9. The molecule has 4 heterocycles. The van der Waals surface area contributed by atoms with E-state index in [1.165, 1.54) is 0 Å². The van der Waals surface area contributed by atoms with Gasteiger partial charge in [0, 0.05) is 34.8 Å². The molecule has 3 aromatic rings. The van der Waals surface area contributed by atoms with Crippen LogP contribution < -0.4 is 10.2 Å². The predicted molar refractivity (Wildman–Crippen MR) is 127 cm³/mol. The van der Waals surface area contributed by atoms with Gasteiger partial charge in [0.05, 0.1) is 12.2 Å². The van der Waals surface area contributed by atoms with E-state index in [0.29, 0.717) is 24.9 Å². The molecule has 8 nitrogen and oxygen atoms in total. The van der Waals surface area contributed by atoms with Gasteiger partial charge in [-0.05, 0) is 50.9 Å². The highest BCUT2D eigenvalue weighted by atomic mass is 16.2. The molecule has 0 spiro atoms. The Balaban J connectivity index is 1.51. The van der Waals surface area contributed by atoms with Gasteiger partial charge in [-0.2, -0.15) is 0 Å². The smallest absolute Gasteiger partial charge is 0.260 e. The van der Waals surface area contributed by atoms with Gasteiger partial charge in [-0.3, -0.25) is 14.7 Å². The maximum absolute atomic E-state index is 13.5. The summed E-state index contributed by atoms with van der Waals surface area (Å²) in [4.78, 5) is 25.1. The molecule has 0 aromatic carbocycles. The Morgan fingerprint density at radius 1 is 1.18 bits per heavy atom. The standard InChI is InChI=1S/C25H31N7O/c1-5-16(6-2)32-15-27-30-23(32)19-8-7-9-22(29-19)31-14-18-17(24(31)33)12-21(25(3)10-11-25)28-20(18)13-26-4/h7-9,12,15-16,26H,5-6,10-11,13-14H2,1-4H3. The van der Waals surface area contributed by atoms with Crippen molar-refractivity contribution in [3.05, 3.63) is 53.1 Å². The van der Waals surface area contributed by atoms with Crippen LogP contribution in [0.3, 0.4) is 0 Å². The SMILES string of the molecule is CCC(CC)n1cnnc1-c1cccc(N2Cc3c(cc(C4(C)CC4)nc3CNC)C2=O)n1. The predicted octanol–water partition coefficient (Wildman–Crippen LogP) is 4.03. The number of rotatable bonds is 8. The van der Waals surface area contributed by atoms with Crippen molar-refractivity contribution in [2.45, 2.75) is 71.0 Å². The topological polar surface area (TPSA) is 88.8 Å². The number of nitrogens with zero attached hydrogens (tertiary/aromatic N) is 6. The molecule has 2 aliphatic rings. The van der Waals surface area contributed by atoms with Gasteiger partial charge in [0.1, 0.15) is 17.8 Å². The second-order valence-electron chi connectivity index (χ2n) is 9.38. The Hall–Kier alpha value is -3.13. The van der Waals surface area contributed by atoms with Gasteiger partial charge in [-0.25, -0.2) is 4.98 Å². The van der Waals surface area contributed by atoms with E-state index in [1.807, 2.05) is 31.3 Å². The molecular weight excluding hydrogens is 414 g/mol. The zero-order valence-corrected chi connectivity index (χ0v) is 19.8. The Labute approximate surface area is 194 Å². The van der Waals surface area contributed by atoms with Gasteiger partial charge >= 0.3 is 0 Å². The summed E-state index contributed by atoms with van der Waals surface area (Å²) < 4.78 is 2.09. The third kappa shape index (κ3) is 3.72. The molecule has 1 aliphatic carbocycles. The fraction of sp³-hybridized carbons (Fsp3) is 0.480. The molecule has 1 N–H and O–H groups in total. The second-order valence-corrected chi connectivity index (χ2v) is 9.38. The van der Waals surface area contributed by atoms with E-state index in [9.17, 15) is 4.79 Å². The molecule has 0 bridgehead atoms. The number of amides is 1. The quantitative estimate of drug-likeness (QED) is 0.563. The molecule has 172 valence electrons. The summed E-state index contributed by atoms with van der Waals surface area (Å²) in [5, 5.41) is 11.7. The second kappa shape index (κ2) is 8.33. The molecule has 0 atom stereocenters. The van der Waals surface area contributed by atoms with Crippen molar-refractivity contribution < 1.29 is 4.79 Å². The van der Waals surface area contributed by atoms with E-state index in [0.717, 1.165) is 59.7 Å². The van der Waals surface area contributed by atoms with Crippen molar-refractivity contribution in [1.82, 2.24) is 30.0 Å². The first-order chi connectivity index (χ1) is 16.0. The normalized spacial score (nSPS) is 16.5. The monoisotopic (exact) mass is 445 g/mol. The van der Waals surface area contributed by atoms with Crippen LogP contribution in [0.5, 0.6) is 0 Å². The summed E-state index contributed by atoms with van der Waals surface area (Å²) in [6.07, 6.45) is 5.99. The van der Waals surface area contributed by atoms with Crippen LogP contribution in [0.25, 0.3) is 11.5 Å². The minimum absolute atomic E-state index is 0.0126. The van der Waals surface area contributed by atoms with Crippen molar-refractivity contribution in [3.63, 3.8) is 0 Å². The largest absolute Gasteiger partial charge is 0.314 e. The minimum atomic E-state index is -0.0126. The van der Waals surface area contributed by atoms with Crippen LogP contribution >= 0.6 is 0 Å². The third-order valence-electron chi connectivity index (χ3n) is 7.11. The number of fused-ring (bicyclic) bond motifs is 1. The van der Waals surface area contributed by atoms with Crippen LogP contribution in [0.15, 0.2) is 30.6 Å². The molecule has 1 saturated carbocycles. The van der Waals surface area contributed by atoms with Crippen LogP contribution in [0.1, 0.15) is 79.8 Å². The highest BCUT2D eigenvalue weighted by molar-refractivity contribution is 6.09. The van der Waals surface area contributed by atoms with Crippen molar-refractivity contribution >= 4 is 11.7 Å². The van der Waals surface area contributed by atoms with E-state index in [2.05, 4.69) is 40.9 Å². The number of hydrogen-bond donors (Lipinski definition) is 1. The summed E-state index contributed by atoms with van der Waals surface area (Å²) in [6.45, 7) is 7.66. The molecule has 1 fully saturated rings. The van der Waals surface area contributed by atoms with Gasteiger partial charge in [0.25, 0.3) is 5.91 Å². The van der Waals surface area contributed by atoms with Crippen LogP contribution in [0.4, 0.5) is 5.82 Å². The number of carbonyl (C=O) groups is 1. The van der Waals surface area contributed by atoms with Crippen molar-refractivity contribution in [1.29, 1.82) is 0 Å². The summed E-state index contributed by atoms with van der Waals surface area (Å²) in [5.41, 5.74) is 4.56. The van der Waals surface area contributed by atoms with E-state index in [1.54, 1.807) is 11.2 Å². The van der Waals surface area contributed by atoms with Gasteiger partial charge in [0.15, 0.2) is 5.82 Å². The first kappa shape index (κ1) is 21.7. The third-order valence-corrected chi connectivity index (χ3v) is 7.11. The van der Waals surface area contributed by atoms with Gasteiger partial charge in [-0.15, -0.1) is 10.2 Å². The van der Waals surface area contributed by atoms with Crippen LogP contribution in [0, 0.1) is 0 Å². The Kier molecular flexibility index (Phi) is 5.48. The summed E-state index contributed by atoms with van der Waals surface area (Å²) in [7, 11) is 1.91. The lowest BCUT2D eigenvalue weighted by molar-refractivity contribution is 0.0996. The van der Waals surface area contributed by atoms with Crippen molar-refractivity contribution in [2.75, 3.05) is 11.9 Å². The number of nitrogens with one attached hydrogen (secondary N) is 1. The lowest BCUT2D eigenvalue weighted by Crippen LogP contribution is -2.24. The fourth-order valence-corrected chi connectivity index (χ4v) is 4.69. The number of pyridine rings is 2. The van der Waals surface area contributed by atoms with Crippen LogP contribution in [-0.2, 0) is 18.5 Å². The fourth-order valence-electron chi connectivity index (χ4n) is 4.69. The van der Waals surface area contributed by atoms with E-state index >= 15 is 0 Å². The average molecular weight is 446 g/mol. The lowest BCUT2D eigenvalue weighted by atomic mass is 9.99. The van der Waals surface area contributed by atoms with E-state index in [4.69, 9.17) is 9.97 Å². The highest BCUT2D eigenvalue weighted by Gasteiger charge is 2.43. The molecule has 1 aliphatic heterocycles. The van der Waals surface area contributed by atoms with Crippen LogP contribution in [-0.4, -0.2) is 37.7 Å². The van der Waals surface area contributed by atoms with Crippen molar-refractivity contribution in [2.24, 2.45) is 0 Å². The summed E-state index contributed by atoms with van der Waals surface area (Å²) in [5.74, 6) is 1.35. The van der Waals surface area contributed by atoms with Gasteiger partial charge in [-0.1, -0.05) is 26.8 Å². The zero-order valence-electron chi connectivity index (χ0n) is 19.8. The maximum Gasteiger partial charge on any atom is 0.260 e. The summed E-state index contributed by atoms with van der Waals surface area (Å²) in [6, 6.07) is 8.08. The summed E-state index contributed by atoms with van der Waals surface area (Å²) >= 11 is 0. The van der Waals surface area contributed by atoms with E-state index in [-0.39, 0.29) is 11.3 Å². The molecule has 1 amide bonds. The molecule has 33 heavy (non-hydrogen) atoms. The molecule has 0 radical (unpaired) electrons. The lowest BCUT2D eigenvalue weighted by Gasteiger charge is -2.18. The highest BCUT2D eigenvalue weighted by Crippen LogP contribution is 2.47. The number of carbonyl (C=O) groups excluding carboxylic acids is 1. The van der Waals surface area contributed by atoms with E-state index < -0.39 is 0 Å². The zero-order chi connectivity index (χ0) is 23.2. The molecular formula is C25H31N7O. The Bertz CT molecular complexity index is 1190. The van der Waals surface area contributed by atoms with Gasteiger partial charge in [0.2, 0.25) is 0 Å². The molecule has 0 saturated heterocycles. The molecule has 8 heteroatoms. The number of anilines is 1. The maximum atomic E-state index is 13.5. The number of hydrogen-bond acceptors (Lipinski definition) is 6. The minimum Gasteiger partial charge on any atom is -0.314 e.